The van der Waals surface area contributed by atoms with Crippen molar-refractivity contribution in [3.05, 3.63) is 29.8 Å². The van der Waals surface area contributed by atoms with Crippen molar-refractivity contribution in [2.24, 2.45) is 4.99 Å². The molecule has 1 fully saturated rings. The topological polar surface area (TPSA) is 49.3 Å². The molecule has 0 bridgehead atoms. The van der Waals surface area contributed by atoms with Crippen molar-refractivity contribution in [3.63, 3.8) is 0 Å². The molecule has 1 aliphatic heterocycles. The van der Waals surface area contributed by atoms with Crippen molar-refractivity contribution in [1.29, 1.82) is 0 Å². The van der Waals surface area contributed by atoms with Gasteiger partial charge in [-0.15, -0.1) is 24.0 Å². The van der Waals surface area contributed by atoms with Crippen LogP contribution < -0.4 is 10.1 Å². The molecule has 6 nitrogen and oxygen atoms in total. The lowest BCUT2D eigenvalue weighted by molar-refractivity contribution is 0.141. The lowest BCUT2D eigenvalue weighted by atomic mass is 10.2. The maximum absolute atomic E-state index is 5.22. The first-order valence-electron chi connectivity index (χ1n) is 8.95. The molecule has 1 atom stereocenters. The average Bonchev–Trinajstić information content (AvgIpc) is 3.08. The van der Waals surface area contributed by atoms with Gasteiger partial charge >= 0.3 is 0 Å². The highest BCUT2D eigenvalue weighted by molar-refractivity contribution is 14.0. The number of rotatable bonds is 8. The number of aliphatic imine (C=N–C) groups is 1. The third-order valence-electron chi connectivity index (χ3n) is 4.73. The van der Waals surface area contributed by atoms with Gasteiger partial charge in [0.2, 0.25) is 0 Å². The summed E-state index contributed by atoms with van der Waals surface area (Å²) in [5, 5.41) is 3.53. The van der Waals surface area contributed by atoms with E-state index in [1.165, 1.54) is 18.4 Å². The Labute approximate surface area is 175 Å². The van der Waals surface area contributed by atoms with Crippen molar-refractivity contribution in [3.8, 4) is 5.75 Å². The number of halogens is 1. The third-order valence-corrected chi connectivity index (χ3v) is 4.73. The van der Waals surface area contributed by atoms with Crippen molar-refractivity contribution in [2.45, 2.75) is 25.4 Å². The Morgan fingerprint density at radius 1 is 1.31 bits per heavy atom. The molecule has 26 heavy (non-hydrogen) atoms. The van der Waals surface area contributed by atoms with E-state index in [4.69, 9.17) is 9.47 Å². The van der Waals surface area contributed by atoms with Gasteiger partial charge in [-0.2, -0.15) is 0 Å². The van der Waals surface area contributed by atoms with Crippen LogP contribution in [-0.4, -0.2) is 76.4 Å². The molecule has 0 amide bonds. The summed E-state index contributed by atoms with van der Waals surface area (Å²) in [6, 6.07) is 8.72. The summed E-state index contributed by atoms with van der Waals surface area (Å²) in [6.07, 6.45) is 2.49. The van der Waals surface area contributed by atoms with Crippen LogP contribution in [0.5, 0.6) is 5.75 Å². The van der Waals surface area contributed by atoms with E-state index in [1.54, 1.807) is 14.2 Å². The minimum Gasteiger partial charge on any atom is -0.497 e. The molecule has 1 unspecified atom stereocenters. The van der Waals surface area contributed by atoms with Crippen LogP contribution in [-0.2, 0) is 11.3 Å². The third kappa shape index (κ3) is 6.92. The van der Waals surface area contributed by atoms with E-state index < -0.39 is 0 Å². The summed E-state index contributed by atoms with van der Waals surface area (Å²) < 4.78 is 10.4. The van der Waals surface area contributed by atoms with E-state index in [0.717, 1.165) is 44.5 Å². The number of guanidine groups is 1. The van der Waals surface area contributed by atoms with Crippen molar-refractivity contribution < 1.29 is 9.47 Å². The van der Waals surface area contributed by atoms with Gasteiger partial charge in [-0.05, 0) is 37.1 Å². The van der Waals surface area contributed by atoms with E-state index >= 15 is 0 Å². The SMILES string of the molecule is CN=C(NCC1CCCN1CCOC)N(C)Cc1ccc(OC)cc1.I. The van der Waals surface area contributed by atoms with Gasteiger partial charge in [0, 0.05) is 46.9 Å². The minimum atomic E-state index is 0. The van der Waals surface area contributed by atoms with Gasteiger partial charge in [-0.3, -0.25) is 9.89 Å². The summed E-state index contributed by atoms with van der Waals surface area (Å²) in [6.45, 7) is 4.69. The van der Waals surface area contributed by atoms with Gasteiger partial charge in [-0.1, -0.05) is 12.1 Å². The number of methoxy groups -OCH3 is 2. The number of ether oxygens (including phenoxy) is 2. The zero-order valence-electron chi connectivity index (χ0n) is 16.4. The molecular weight excluding hydrogens is 443 g/mol. The Morgan fingerprint density at radius 2 is 2.04 bits per heavy atom. The van der Waals surface area contributed by atoms with E-state index in [9.17, 15) is 0 Å². The Kier molecular flexibility index (Phi) is 10.9. The zero-order chi connectivity index (χ0) is 18.1. The zero-order valence-corrected chi connectivity index (χ0v) is 18.7. The monoisotopic (exact) mass is 476 g/mol. The molecule has 1 saturated heterocycles. The van der Waals surface area contributed by atoms with Crippen LogP contribution in [0, 0.1) is 0 Å². The maximum atomic E-state index is 5.22. The molecule has 2 rings (SSSR count). The Balaban J connectivity index is 0.00000338. The molecule has 0 saturated carbocycles. The number of nitrogens with zero attached hydrogens (tertiary/aromatic N) is 3. The van der Waals surface area contributed by atoms with Crippen LogP contribution in [0.25, 0.3) is 0 Å². The fraction of sp³-hybridized carbons (Fsp3) is 0.632. The highest BCUT2D eigenvalue weighted by atomic mass is 127. The van der Waals surface area contributed by atoms with E-state index in [-0.39, 0.29) is 24.0 Å². The number of hydrogen-bond donors (Lipinski definition) is 1. The highest BCUT2D eigenvalue weighted by Crippen LogP contribution is 2.16. The molecule has 1 heterocycles. The van der Waals surface area contributed by atoms with Gasteiger partial charge in [0.05, 0.1) is 13.7 Å². The number of likely N-dealkylation sites (tertiary alicyclic amines) is 1. The minimum absolute atomic E-state index is 0. The Morgan fingerprint density at radius 3 is 2.65 bits per heavy atom. The molecule has 7 heteroatoms. The molecule has 0 aliphatic carbocycles. The molecule has 0 aromatic heterocycles. The normalized spacial score (nSPS) is 17.7. The van der Waals surface area contributed by atoms with E-state index in [0.29, 0.717) is 6.04 Å². The predicted molar refractivity (Wildman–Crippen MR) is 118 cm³/mol. The first-order valence-corrected chi connectivity index (χ1v) is 8.95. The fourth-order valence-electron chi connectivity index (χ4n) is 3.30. The van der Waals surface area contributed by atoms with Gasteiger partial charge in [0.15, 0.2) is 5.96 Å². The molecule has 0 spiro atoms. The molecular formula is C19H33IN4O2. The molecule has 1 N–H and O–H groups in total. The molecule has 1 aliphatic rings. The Hall–Kier alpha value is -1.06. The lowest BCUT2D eigenvalue weighted by Gasteiger charge is -2.27. The van der Waals surface area contributed by atoms with Crippen molar-refractivity contribution in [1.82, 2.24) is 15.1 Å². The van der Waals surface area contributed by atoms with Gasteiger partial charge < -0.3 is 19.7 Å². The fourth-order valence-corrected chi connectivity index (χ4v) is 3.30. The van der Waals surface area contributed by atoms with Crippen LogP contribution >= 0.6 is 24.0 Å². The smallest absolute Gasteiger partial charge is 0.193 e. The standard InChI is InChI=1S/C19H32N4O2.HI/c1-20-19(21-14-17-6-5-11-23(17)12-13-24-3)22(2)15-16-7-9-18(25-4)10-8-16;/h7-10,17H,5-6,11-15H2,1-4H3,(H,20,21);1H. The Bertz CT molecular complexity index is 539. The van der Waals surface area contributed by atoms with E-state index in [1.807, 2.05) is 19.2 Å². The van der Waals surface area contributed by atoms with Crippen LogP contribution in [0.3, 0.4) is 0 Å². The lowest BCUT2D eigenvalue weighted by Crippen LogP contribution is -2.45. The number of benzene rings is 1. The predicted octanol–water partition coefficient (Wildman–Crippen LogP) is 2.43. The second-order valence-electron chi connectivity index (χ2n) is 6.46. The summed E-state index contributed by atoms with van der Waals surface area (Å²) in [7, 11) is 7.35. The molecule has 148 valence electrons. The van der Waals surface area contributed by atoms with Crippen LogP contribution in [0.15, 0.2) is 29.3 Å². The van der Waals surface area contributed by atoms with Gasteiger partial charge in [-0.25, -0.2) is 0 Å². The first-order chi connectivity index (χ1) is 12.2. The molecule has 1 aromatic rings. The first kappa shape index (κ1) is 23.0. The molecule has 0 radical (unpaired) electrons. The van der Waals surface area contributed by atoms with Crippen LogP contribution in [0.1, 0.15) is 18.4 Å². The summed E-state index contributed by atoms with van der Waals surface area (Å²) in [5.41, 5.74) is 1.23. The second kappa shape index (κ2) is 12.3. The van der Waals surface area contributed by atoms with Gasteiger partial charge in [0.25, 0.3) is 0 Å². The highest BCUT2D eigenvalue weighted by Gasteiger charge is 2.24. The summed E-state index contributed by atoms with van der Waals surface area (Å²) >= 11 is 0. The van der Waals surface area contributed by atoms with Crippen LogP contribution in [0.4, 0.5) is 0 Å². The molecule has 1 aromatic carbocycles. The number of nitrogens with one attached hydrogen (secondary N) is 1. The average molecular weight is 476 g/mol. The quantitative estimate of drug-likeness (QED) is 0.355. The second-order valence-corrected chi connectivity index (χ2v) is 6.46. The van der Waals surface area contributed by atoms with E-state index in [2.05, 4.69) is 39.3 Å². The van der Waals surface area contributed by atoms with Gasteiger partial charge in [0.1, 0.15) is 5.75 Å². The maximum Gasteiger partial charge on any atom is 0.193 e. The largest absolute Gasteiger partial charge is 0.497 e. The van der Waals surface area contributed by atoms with Crippen molar-refractivity contribution in [2.75, 3.05) is 54.6 Å². The van der Waals surface area contributed by atoms with Crippen molar-refractivity contribution >= 4 is 29.9 Å². The summed E-state index contributed by atoms with van der Waals surface area (Å²) in [4.78, 5) is 9.09. The van der Waals surface area contributed by atoms with Crippen LogP contribution in [0.2, 0.25) is 0 Å². The summed E-state index contributed by atoms with van der Waals surface area (Å²) in [5.74, 6) is 1.81. The number of hydrogen-bond acceptors (Lipinski definition) is 4.